The van der Waals surface area contributed by atoms with E-state index in [0.29, 0.717) is 11.7 Å². The van der Waals surface area contributed by atoms with Crippen molar-refractivity contribution >= 4 is 17.3 Å². The van der Waals surface area contributed by atoms with E-state index in [1.165, 1.54) is 19.3 Å². The first-order chi connectivity index (χ1) is 8.63. The molecule has 3 N–H and O–H groups in total. The van der Waals surface area contributed by atoms with Crippen molar-refractivity contribution in [1.29, 1.82) is 0 Å². The van der Waals surface area contributed by atoms with Gasteiger partial charge in [-0.1, -0.05) is 6.92 Å². The summed E-state index contributed by atoms with van der Waals surface area (Å²) in [6.07, 6.45) is 4.78. The van der Waals surface area contributed by atoms with Crippen LogP contribution in [-0.2, 0) is 0 Å². The van der Waals surface area contributed by atoms with E-state index in [4.69, 9.17) is 10.8 Å². The highest BCUT2D eigenvalue weighted by molar-refractivity contribution is 5.94. The molecule has 1 aliphatic heterocycles. The molecule has 0 saturated carbocycles. The molecule has 1 aromatic rings. The standard InChI is InChI=1S/C14H20N2O2/c1-2-10-5-3-4-8-16(10)11-6-7-12(14(17)18)13(15)9-11/h6-7,9-10H,2-5,8,15H2,1H3,(H,17,18). The minimum atomic E-state index is -0.968. The SMILES string of the molecule is CCC1CCCCN1c1ccc(C(=O)O)c(N)c1. The molecule has 18 heavy (non-hydrogen) atoms. The first kappa shape index (κ1) is 12.7. The van der Waals surface area contributed by atoms with Gasteiger partial charge in [-0.05, 0) is 43.9 Å². The van der Waals surface area contributed by atoms with Crippen LogP contribution in [0, 0.1) is 0 Å². The van der Waals surface area contributed by atoms with Crippen LogP contribution in [0.5, 0.6) is 0 Å². The van der Waals surface area contributed by atoms with E-state index in [-0.39, 0.29) is 5.56 Å². The molecule has 2 rings (SSSR count). The van der Waals surface area contributed by atoms with Gasteiger partial charge in [0, 0.05) is 24.0 Å². The van der Waals surface area contributed by atoms with Crippen LogP contribution >= 0.6 is 0 Å². The summed E-state index contributed by atoms with van der Waals surface area (Å²) in [6.45, 7) is 3.22. The molecular formula is C14H20N2O2. The molecule has 1 aromatic carbocycles. The Hall–Kier alpha value is -1.71. The van der Waals surface area contributed by atoms with Gasteiger partial charge in [0.2, 0.25) is 0 Å². The number of carbonyl (C=O) groups is 1. The fraction of sp³-hybridized carbons (Fsp3) is 0.500. The Morgan fingerprint density at radius 1 is 1.50 bits per heavy atom. The summed E-state index contributed by atoms with van der Waals surface area (Å²) >= 11 is 0. The van der Waals surface area contributed by atoms with E-state index < -0.39 is 5.97 Å². The quantitative estimate of drug-likeness (QED) is 0.807. The summed E-state index contributed by atoms with van der Waals surface area (Å²) < 4.78 is 0. The smallest absolute Gasteiger partial charge is 0.337 e. The zero-order chi connectivity index (χ0) is 13.1. The van der Waals surface area contributed by atoms with E-state index in [0.717, 1.165) is 18.7 Å². The van der Waals surface area contributed by atoms with Gasteiger partial charge in [-0.25, -0.2) is 4.79 Å². The molecule has 0 radical (unpaired) electrons. The van der Waals surface area contributed by atoms with E-state index in [2.05, 4.69) is 11.8 Å². The first-order valence-corrected chi connectivity index (χ1v) is 6.53. The van der Waals surface area contributed by atoms with Crippen molar-refractivity contribution in [2.24, 2.45) is 0 Å². The number of rotatable bonds is 3. The second-order valence-electron chi connectivity index (χ2n) is 4.83. The lowest BCUT2D eigenvalue weighted by molar-refractivity contribution is 0.0698. The Labute approximate surface area is 107 Å². The second-order valence-corrected chi connectivity index (χ2v) is 4.83. The van der Waals surface area contributed by atoms with Crippen LogP contribution < -0.4 is 10.6 Å². The molecule has 4 nitrogen and oxygen atoms in total. The summed E-state index contributed by atoms with van der Waals surface area (Å²) in [5, 5.41) is 8.97. The topological polar surface area (TPSA) is 66.6 Å². The fourth-order valence-corrected chi connectivity index (χ4v) is 2.69. The molecule has 4 heteroatoms. The Bertz CT molecular complexity index is 445. The highest BCUT2D eigenvalue weighted by atomic mass is 16.4. The number of aromatic carboxylic acids is 1. The lowest BCUT2D eigenvalue weighted by Gasteiger charge is -2.37. The Morgan fingerprint density at radius 3 is 2.89 bits per heavy atom. The lowest BCUT2D eigenvalue weighted by Crippen LogP contribution is -2.39. The Kier molecular flexibility index (Phi) is 3.75. The highest BCUT2D eigenvalue weighted by Crippen LogP contribution is 2.29. The molecule has 0 amide bonds. The number of carboxylic acids is 1. The molecule has 0 bridgehead atoms. The van der Waals surface area contributed by atoms with Gasteiger partial charge in [-0.15, -0.1) is 0 Å². The molecule has 1 atom stereocenters. The van der Waals surface area contributed by atoms with Gasteiger partial charge < -0.3 is 15.7 Å². The normalized spacial score (nSPS) is 19.8. The third kappa shape index (κ3) is 2.42. The third-order valence-electron chi connectivity index (χ3n) is 3.70. The van der Waals surface area contributed by atoms with Crippen molar-refractivity contribution < 1.29 is 9.90 Å². The maximum Gasteiger partial charge on any atom is 0.337 e. The lowest BCUT2D eigenvalue weighted by atomic mass is 9.98. The summed E-state index contributed by atoms with van der Waals surface area (Å²) in [4.78, 5) is 13.3. The van der Waals surface area contributed by atoms with Crippen LogP contribution in [0.2, 0.25) is 0 Å². The number of benzene rings is 1. The second kappa shape index (κ2) is 5.29. The largest absolute Gasteiger partial charge is 0.478 e. The highest BCUT2D eigenvalue weighted by Gasteiger charge is 2.21. The summed E-state index contributed by atoms with van der Waals surface area (Å²) in [5.74, 6) is -0.968. The summed E-state index contributed by atoms with van der Waals surface area (Å²) in [5.41, 5.74) is 7.39. The van der Waals surface area contributed by atoms with Crippen molar-refractivity contribution in [1.82, 2.24) is 0 Å². The van der Waals surface area contributed by atoms with Crippen molar-refractivity contribution in [3.63, 3.8) is 0 Å². The molecule has 1 aliphatic rings. The van der Waals surface area contributed by atoms with Crippen molar-refractivity contribution in [3.8, 4) is 0 Å². The number of nitrogen functional groups attached to an aromatic ring is 1. The first-order valence-electron chi connectivity index (χ1n) is 6.53. The molecule has 1 unspecified atom stereocenters. The maximum atomic E-state index is 10.9. The molecule has 0 aromatic heterocycles. The average molecular weight is 248 g/mol. The Balaban J connectivity index is 2.27. The van der Waals surface area contributed by atoms with Gasteiger partial charge in [0.1, 0.15) is 0 Å². The fourth-order valence-electron chi connectivity index (χ4n) is 2.69. The Morgan fingerprint density at radius 2 is 2.28 bits per heavy atom. The zero-order valence-corrected chi connectivity index (χ0v) is 10.7. The van der Waals surface area contributed by atoms with Gasteiger partial charge >= 0.3 is 5.97 Å². The average Bonchev–Trinajstić information content (AvgIpc) is 2.38. The van der Waals surface area contributed by atoms with Crippen LogP contribution in [0.4, 0.5) is 11.4 Å². The number of hydrogen-bond donors (Lipinski definition) is 2. The van der Waals surface area contributed by atoms with E-state index in [9.17, 15) is 4.79 Å². The van der Waals surface area contributed by atoms with Gasteiger partial charge in [0.15, 0.2) is 0 Å². The number of nitrogens with zero attached hydrogens (tertiary/aromatic N) is 1. The minimum Gasteiger partial charge on any atom is -0.478 e. The van der Waals surface area contributed by atoms with Crippen LogP contribution in [-0.4, -0.2) is 23.7 Å². The van der Waals surface area contributed by atoms with E-state index >= 15 is 0 Å². The zero-order valence-electron chi connectivity index (χ0n) is 10.7. The van der Waals surface area contributed by atoms with E-state index in [1.54, 1.807) is 12.1 Å². The maximum absolute atomic E-state index is 10.9. The molecule has 0 aliphatic carbocycles. The number of nitrogens with two attached hydrogens (primary N) is 1. The van der Waals surface area contributed by atoms with Crippen LogP contribution in [0.25, 0.3) is 0 Å². The minimum absolute atomic E-state index is 0.184. The van der Waals surface area contributed by atoms with Crippen LogP contribution in [0.1, 0.15) is 43.0 Å². The predicted molar refractivity (Wildman–Crippen MR) is 73.1 cm³/mol. The van der Waals surface area contributed by atoms with Gasteiger partial charge in [0.25, 0.3) is 0 Å². The number of piperidine rings is 1. The molecule has 98 valence electrons. The molecule has 0 spiro atoms. The predicted octanol–water partition coefficient (Wildman–Crippen LogP) is 2.74. The monoisotopic (exact) mass is 248 g/mol. The van der Waals surface area contributed by atoms with Crippen molar-refractivity contribution in [2.45, 2.75) is 38.6 Å². The van der Waals surface area contributed by atoms with Gasteiger partial charge in [0.05, 0.1) is 5.56 Å². The molecule has 1 heterocycles. The number of anilines is 2. The van der Waals surface area contributed by atoms with Crippen LogP contribution in [0.15, 0.2) is 18.2 Å². The molecular weight excluding hydrogens is 228 g/mol. The number of carboxylic acid groups (broad SMARTS) is 1. The number of hydrogen-bond acceptors (Lipinski definition) is 3. The van der Waals surface area contributed by atoms with Gasteiger partial charge in [-0.2, -0.15) is 0 Å². The van der Waals surface area contributed by atoms with Crippen molar-refractivity contribution in [3.05, 3.63) is 23.8 Å². The summed E-state index contributed by atoms with van der Waals surface area (Å²) in [6, 6.07) is 5.81. The third-order valence-corrected chi connectivity index (χ3v) is 3.70. The van der Waals surface area contributed by atoms with Gasteiger partial charge in [-0.3, -0.25) is 0 Å². The molecule has 1 fully saturated rings. The molecule has 1 saturated heterocycles. The van der Waals surface area contributed by atoms with E-state index in [1.807, 2.05) is 6.07 Å². The van der Waals surface area contributed by atoms with Crippen LogP contribution in [0.3, 0.4) is 0 Å². The summed E-state index contributed by atoms with van der Waals surface area (Å²) in [7, 11) is 0. The van der Waals surface area contributed by atoms with Crippen molar-refractivity contribution in [2.75, 3.05) is 17.2 Å².